The maximum absolute atomic E-state index is 13.2. The molecule has 1 aromatic heterocycles. The second kappa shape index (κ2) is 6.87. The molecule has 7 nitrogen and oxygen atoms in total. The highest BCUT2D eigenvalue weighted by Gasteiger charge is 2.23. The maximum Gasteiger partial charge on any atom is 0.336 e. The van der Waals surface area contributed by atoms with E-state index in [-0.39, 0.29) is 0 Å². The lowest BCUT2D eigenvalue weighted by molar-refractivity contribution is -0.121. The predicted octanol–water partition coefficient (Wildman–Crippen LogP) is 1.60. The van der Waals surface area contributed by atoms with Crippen LogP contribution in [-0.4, -0.2) is 22.2 Å². The molecule has 0 aliphatic carbocycles. The Morgan fingerprint density at radius 1 is 1.15 bits per heavy atom. The summed E-state index contributed by atoms with van der Waals surface area (Å²) in [6, 6.07) is 12.4. The van der Waals surface area contributed by atoms with Crippen LogP contribution in [0.3, 0.4) is 0 Å². The Balaban J connectivity index is 2.47. The smallest absolute Gasteiger partial charge is 0.336 e. The van der Waals surface area contributed by atoms with E-state index in [1.165, 1.54) is 11.7 Å². The van der Waals surface area contributed by atoms with E-state index in [9.17, 15) is 14.4 Å². The Kier molecular flexibility index (Phi) is 4.62. The molecule has 0 aliphatic heterocycles. The zero-order valence-corrected chi connectivity index (χ0v) is 14.5. The summed E-state index contributed by atoms with van der Waals surface area (Å²) in [5.74, 6) is -0.119. The molecule has 2 aromatic carbocycles. The lowest BCUT2D eigenvalue weighted by atomic mass is 10.1. The van der Waals surface area contributed by atoms with Crippen LogP contribution in [-0.2, 0) is 4.79 Å². The molecule has 0 bridgehead atoms. The number of fused-ring (bicyclic) bond motifs is 1. The van der Waals surface area contributed by atoms with Crippen LogP contribution in [0.4, 0.5) is 0 Å². The number of para-hydroxylation sites is 1. The summed E-state index contributed by atoms with van der Waals surface area (Å²) in [4.78, 5) is 38.1. The van der Waals surface area contributed by atoms with Crippen LogP contribution in [0.15, 0.2) is 58.1 Å². The Morgan fingerprint density at radius 2 is 1.88 bits per heavy atom. The number of rotatable bonds is 5. The van der Waals surface area contributed by atoms with E-state index >= 15 is 0 Å². The molecule has 1 heterocycles. The molecule has 134 valence electrons. The first-order valence-electron chi connectivity index (χ1n) is 8.19. The van der Waals surface area contributed by atoms with Crippen molar-refractivity contribution in [3.63, 3.8) is 0 Å². The van der Waals surface area contributed by atoms with Gasteiger partial charge in [-0.2, -0.15) is 0 Å². The van der Waals surface area contributed by atoms with Crippen molar-refractivity contribution in [1.29, 1.82) is 0 Å². The van der Waals surface area contributed by atoms with Gasteiger partial charge in [-0.3, -0.25) is 14.2 Å². The monoisotopic (exact) mass is 353 g/mol. The van der Waals surface area contributed by atoms with Crippen molar-refractivity contribution in [2.24, 2.45) is 5.73 Å². The van der Waals surface area contributed by atoms with Crippen LogP contribution in [0.1, 0.15) is 19.4 Å². The van der Waals surface area contributed by atoms with E-state index in [0.29, 0.717) is 28.8 Å². The minimum Gasteiger partial charge on any atom is -0.497 e. The Labute approximate surface area is 149 Å². The van der Waals surface area contributed by atoms with Gasteiger partial charge in [0.2, 0.25) is 5.91 Å². The van der Waals surface area contributed by atoms with E-state index in [2.05, 4.69) is 0 Å². The molecule has 1 atom stereocenters. The number of primary amides is 1. The molecule has 3 rings (SSSR count). The summed E-state index contributed by atoms with van der Waals surface area (Å²) < 4.78 is 7.51. The van der Waals surface area contributed by atoms with Gasteiger partial charge < -0.3 is 10.5 Å². The van der Waals surface area contributed by atoms with Crippen molar-refractivity contribution in [2.45, 2.75) is 19.4 Å². The Bertz CT molecular complexity index is 1100. The molecule has 2 N–H and O–H groups in total. The number of ether oxygens (including phenoxy) is 1. The van der Waals surface area contributed by atoms with E-state index in [4.69, 9.17) is 10.5 Å². The van der Waals surface area contributed by atoms with Crippen LogP contribution in [0, 0.1) is 0 Å². The normalized spacial score (nSPS) is 12.1. The number of nitrogens with zero attached hydrogens (tertiary/aromatic N) is 2. The van der Waals surface area contributed by atoms with Crippen molar-refractivity contribution in [1.82, 2.24) is 9.13 Å². The highest BCUT2D eigenvalue weighted by molar-refractivity contribution is 5.83. The van der Waals surface area contributed by atoms with Crippen molar-refractivity contribution < 1.29 is 9.53 Å². The van der Waals surface area contributed by atoms with Gasteiger partial charge in [-0.15, -0.1) is 0 Å². The number of aromatic nitrogens is 2. The molecule has 0 saturated carbocycles. The first-order chi connectivity index (χ1) is 12.5. The quantitative estimate of drug-likeness (QED) is 0.753. The maximum atomic E-state index is 13.2. The van der Waals surface area contributed by atoms with Crippen LogP contribution in [0.5, 0.6) is 5.75 Å². The Hall–Kier alpha value is -3.35. The van der Waals surface area contributed by atoms with Crippen molar-refractivity contribution in [3.05, 3.63) is 69.4 Å². The number of nitrogens with two attached hydrogens (primary N) is 1. The summed E-state index contributed by atoms with van der Waals surface area (Å²) in [5, 5.41) is 0.328. The van der Waals surface area contributed by atoms with Gasteiger partial charge in [0.25, 0.3) is 5.56 Å². The van der Waals surface area contributed by atoms with Gasteiger partial charge in [-0.25, -0.2) is 9.36 Å². The fourth-order valence-corrected chi connectivity index (χ4v) is 3.07. The second-order valence-corrected chi connectivity index (χ2v) is 5.84. The van der Waals surface area contributed by atoms with Gasteiger partial charge in [0, 0.05) is 6.07 Å². The molecular formula is C19H19N3O4. The average Bonchev–Trinajstić information content (AvgIpc) is 2.65. The molecule has 0 aliphatic rings. The third-order valence-electron chi connectivity index (χ3n) is 4.33. The van der Waals surface area contributed by atoms with Gasteiger partial charge in [0.05, 0.1) is 23.7 Å². The molecule has 0 fully saturated rings. The summed E-state index contributed by atoms with van der Waals surface area (Å²) in [6.07, 6.45) is 0.329. The highest BCUT2D eigenvalue weighted by Crippen LogP contribution is 2.18. The van der Waals surface area contributed by atoms with Gasteiger partial charge in [-0.05, 0) is 30.7 Å². The molecular weight excluding hydrogens is 334 g/mol. The molecule has 7 heteroatoms. The summed E-state index contributed by atoms with van der Waals surface area (Å²) in [7, 11) is 1.50. The van der Waals surface area contributed by atoms with E-state index < -0.39 is 23.2 Å². The van der Waals surface area contributed by atoms with E-state index in [1.54, 1.807) is 55.5 Å². The third-order valence-corrected chi connectivity index (χ3v) is 4.33. The number of benzene rings is 2. The first kappa shape index (κ1) is 17.5. The largest absolute Gasteiger partial charge is 0.497 e. The first-order valence-corrected chi connectivity index (χ1v) is 8.19. The molecule has 26 heavy (non-hydrogen) atoms. The van der Waals surface area contributed by atoms with Crippen molar-refractivity contribution in [2.75, 3.05) is 7.11 Å². The molecule has 0 radical (unpaired) electrons. The average molecular weight is 353 g/mol. The third kappa shape index (κ3) is 2.77. The molecule has 1 amide bonds. The molecule has 0 saturated heterocycles. The predicted molar refractivity (Wildman–Crippen MR) is 98.9 cm³/mol. The molecule has 0 unspecified atom stereocenters. The fraction of sp³-hybridized carbons (Fsp3) is 0.211. The molecule has 0 spiro atoms. The fourth-order valence-electron chi connectivity index (χ4n) is 3.07. The zero-order chi connectivity index (χ0) is 18.8. The number of amides is 1. The van der Waals surface area contributed by atoms with Crippen LogP contribution < -0.4 is 21.7 Å². The van der Waals surface area contributed by atoms with Crippen molar-refractivity contribution in [3.8, 4) is 11.4 Å². The van der Waals surface area contributed by atoms with E-state index in [1.807, 2.05) is 0 Å². The van der Waals surface area contributed by atoms with Gasteiger partial charge in [-0.1, -0.05) is 25.1 Å². The lowest BCUT2D eigenvalue weighted by Crippen LogP contribution is -2.43. The summed E-state index contributed by atoms with van der Waals surface area (Å²) in [6.45, 7) is 1.76. The van der Waals surface area contributed by atoms with Crippen LogP contribution in [0.2, 0.25) is 0 Å². The summed E-state index contributed by atoms with van der Waals surface area (Å²) in [5.41, 5.74) is 5.17. The molecule has 3 aromatic rings. The zero-order valence-electron chi connectivity index (χ0n) is 14.5. The van der Waals surface area contributed by atoms with Crippen molar-refractivity contribution >= 4 is 16.8 Å². The van der Waals surface area contributed by atoms with Crippen LogP contribution >= 0.6 is 0 Å². The van der Waals surface area contributed by atoms with Gasteiger partial charge in [0.1, 0.15) is 11.8 Å². The highest BCUT2D eigenvalue weighted by atomic mass is 16.5. The number of hydrogen-bond donors (Lipinski definition) is 1. The SMILES string of the molecule is CC[C@H](C(N)=O)n1c(=O)n(-c2cccc(OC)c2)c(=O)c2ccccc21. The lowest BCUT2D eigenvalue weighted by Gasteiger charge is -2.19. The number of carbonyl (C=O) groups excluding carboxylic acids is 1. The minimum atomic E-state index is -0.857. The number of methoxy groups -OCH3 is 1. The minimum absolute atomic E-state index is 0.328. The number of carbonyl (C=O) groups is 1. The standard InChI is InChI=1S/C19H19N3O4/c1-3-15(17(20)23)22-16-10-5-4-9-14(16)18(24)21(19(22)25)12-7-6-8-13(11-12)26-2/h4-11,15H,3H2,1-2H3,(H2,20,23)/t15-/m1/s1. The van der Waals surface area contributed by atoms with Gasteiger partial charge in [0.15, 0.2) is 0 Å². The second-order valence-electron chi connectivity index (χ2n) is 5.84. The summed E-state index contributed by atoms with van der Waals surface area (Å²) >= 11 is 0. The van der Waals surface area contributed by atoms with Gasteiger partial charge >= 0.3 is 5.69 Å². The van der Waals surface area contributed by atoms with E-state index in [0.717, 1.165) is 4.57 Å². The Morgan fingerprint density at radius 3 is 2.54 bits per heavy atom. The number of hydrogen-bond acceptors (Lipinski definition) is 4. The van der Waals surface area contributed by atoms with Crippen LogP contribution in [0.25, 0.3) is 16.6 Å². The topological polar surface area (TPSA) is 96.3 Å².